The Morgan fingerprint density at radius 1 is 1.14 bits per heavy atom. The quantitative estimate of drug-likeness (QED) is 0.744. The Morgan fingerprint density at radius 2 is 1.82 bits per heavy atom. The Kier molecular flexibility index (Phi) is 7.87. The van der Waals surface area contributed by atoms with Gasteiger partial charge < -0.3 is 10.1 Å². The van der Waals surface area contributed by atoms with Crippen molar-refractivity contribution in [2.45, 2.75) is 33.0 Å². The third kappa shape index (κ3) is 5.95. The molecule has 0 saturated heterocycles. The lowest BCUT2D eigenvalue weighted by Crippen LogP contribution is -2.22. The molecule has 0 saturated carbocycles. The minimum atomic E-state index is -0.232. The molecule has 0 fully saturated rings. The summed E-state index contributed by atoms with van der Waals surface area (Å²) in [6.45, 7) is 5.39. The van der Waals surface area contributed by atoms with Gasteiger partial charge in [0, 0.05) is 22.6 Å². The van der Waals surface area contributed by atoms with Gasteiger partial charge >= 0.3 is 0 Å². The van der Waals surface area contributed by atoms with Gasteiger partial charge in [-0.2, -0.15) is 0 Å². The highest BCUT2D eigenvalue weighted by Gasteiger charge is 2.06. The van der Waals surface area contributed by atoms with E-state index >= 15 is 0 Å². The van der Waals surface area contributed by atoms with Gasteiger partial charge in [0.05, 0.1) is 0 Å². The maximum Gasteiger partial charge on any atom is 0.124 e. The Balaban J connectivity index is 0.00000242. The number of halogens is 3. The van der Waals surface area contributed by atoms with Gasteiger partial charge in [0.25, 0.3) is 0 Å². The highest BCUT2D eigenvalue weighted by Crippen LogP contribution is 2.24. The molecule has 2 aromatic rings. The fourth-order valence-electron chi connectivity index (χ4n) is 1.88. The number of ether oxygens (including phenoxy) is 1. The topological polar surface area (TPSA) is 21.3 Å². The lowest BCUT2D eigenvalue weighted by molar-refractivity contribution is 0.301. The van der Waals surface area contributed by atoms with Gasteiger partial charge in [-0.15, -0.1) is 12.4 Å². The number of nitrogens with one attached hydrogen (secondary N) is 1. The Hall–Kier alpha value is -1.10. The second-order valence-electron chi connectivity index (χ2n) is 5.20. The molecule has 22 heavy (non-hydrogen) atoms. The van der Waals surface area contributed by atoms with E-state index in [9.17, 15) is 4.39 Å². The molecule has 0 bridgehead atoms. The van der Waals surface area contributed by atoms with Crippen LogP contribution in [0.3, 0.4) is 0 Å². The lowest BCUT2D eigenvalue weighted by Gasteiger charge is -2.14. The SMILES string of the molecule is CC(C)NCc1cc(Br)ccc1OCc1ccc(F)cc1.Cl. The molecule has 2 aromatic carbocycles. The van der Waals surface area contributed by atoms with Gasteiger partial charge in [-0.3, -0.25) is 0 Å². The molecule has 0 radical (unpaired) electrons. The molecule has 0 aliphatic heterocycles. The van der Waals surface area contributed by atoms with Crippen LogP contribution in [-0.2, 0) is 13.2 Å². The molecule has 5 heteroatoms. The zero-order chi connectivity index (χ0) is 15.2. The van der Waals surface area contributed by atoms with Gasteiger partial charge in [-0.05, 0) is 35.9 Å². The third-order valence-electron chi connectivity index (χ3n) is 3.03. The first-order valence-electron chi connectivity index (χ1n) is 6.93. The summed E-state index contributed by atoms with van der Waals surface area (Å²) in [6, 6.07) is 12.7. The molecule has 0 aromatic heterocycles. The predicted octanol–water partition coefficient (Wildman–Crippen LogP) is 5.09. The van der Waals surface area contributed by atoms with E-state index in [0.29, 0.717) is 12.6 Å². The minimum absolute atomic E-state index is 0. The van der Waals surface area contributed by atoms with Crippen LogP contribution in [0.15, 0.2) is 46.9 Å². The molecule has 2 nitrogen and oxygen atoms in total. The molecule has 0 aliphatic carbocycles. The van der Waals surface area contributed by atoms with Gasteiger partial charge in [0.15, 0.2) is 0 Å². The summed E-state index contributed by atoms with van der Waals surface area (Å²) in [6.07, 6.45) is 0. The van der Waals surface area contributed by atoms with E-state index in [1.165, 1.54) is 12.1 Å². The van der Waals surface area contributed by atoms with E-state index in [1.54, 1.807) is 12.1 Å². The molecule has 0 atom stereocenters. The summed E-state index contributed by atoms with van der Waals surface area (Å²) in [4.78, 5) is 0. The van der Waals surface area contributed by atoms with E-state index in [0.717, 1.165) is 27.9 Å². The van der Waals surface area contributed by atoms with Crippen molar-refractivity contribution in [3.63, 3.8) is 0 Å². The van der Waals surface area contributed by atoms with Crippen molar-refractivity contribution < 1.29 is 9.13 Å². The normalized spacial score (nSPS) is 10.4. The molecule has 0 unspecified atom stereocenters. The Labute approximate surface area is 145 Å². The molecule has 120 valence electrons. The molecular weight excluding hydrogens is 369 g/mol. The van der Waals surface area contributed by atoms with Gasteiger partial charge in [-0.1, -0.05) is 41.9 Å². The standard InChI is InChI=1S/C17H19BrFNO.ClH/c1-12(2)20-10-14-9-15(18)5-8-17(14)21-11-13-3-6-16(19)7-4-13;/h3-9,12,20H,10-11H2,1-2H3;1H. The van der Waals surface area contributed by atoms with E-state index < -0.39 is 0 Å². The maximum atomic E-state index is 12.9. The summed E-state index contributed by atoms with van der Waals surface area (Å²) in [7, 11) is 0. The fourth-order valence-corrected chi connectivity index (χ4v) is 2.29. The third-order valence-corrected chi connectivity index (χ3v) is 3.52. The second kappa shape index (κ2) is 9.13. The van der Waals surface area contributed by atoms with Crippen LogP contribution in [0, 0.1) is 5.82 Å². The minimum Gasteiger partial charge on any atom is -0.489 e. The summed E-state index contributed by atoms with van der Waals surface area (Å²) in [5.74, 6) is 0.611. The summed E-state index contributed by atoms with van der Waals surface area (Å²) >= 11 is 3.48. The average molecular weight is 389 g/mol. The van der Waals surface area contributed by atoms with Crippen LogP contribution in [-0.4, -0.2) is 6.04 Å². The average Bonchev–Trinajstić information content (AvgIpc) is 2.45. The molecule has 0 heterocycles. The van der Waals surface area contributed by atoms with Crippen molar-refractivity contribution in [1.29, 1.82) is 0 Å². The van der Waals surface area contributed by atoms with Gasteiger partial charge in [0.2, 0.25) is 0 Å². The Morgan fingerprint density at radius 3 is 2.45 bits per heavy atom. The maximum absolute atomic E-state index is 12.9. The first-order chi connectivity index (χ1) is 10.0. The van der Waals surface area contributed by atoms with Gasteiger partial charge in [-0.25, -0.2) is 4.39 Å². The van der Waals surface area contributed by atoms with Crippen LogP contribution in [0.2, 0.25) is 0 Å². The van der Waals surface area contributed by atoms with Crippen molar-refractivity contribution in [2.24, 2.45) is 0 Å². The van der Waals surface area contributed by atoms with Crippen molar-refractivity contribution >= 4 is 28.3 Å². The summed E-state index contributed by atoms with van der Waals surface area (Å²) in [5.41, 5.74) is 2.04. The first-order valence-corrected chi connectivity index (χ1v) is 7.73. The number of benzene rings is 2. The molecule has 2 rings (SSSR count). The molecule has 0 spiro atoms. The van der Waals surface area contributed by atoms with Crippen LogP contribution >= 0.6 is 28.3 Å². The van der Waals surface area contributed by atoms with Crippen LogP contribution < -0.4 is 10.1 Å². The van der Waals surface area contributed by atoms with Crippen molar-refractivity contribution in [1.82, 2.24) is 5.32 Å². The van der Waals surface area contributed by atoms with Crippen molar-refractivity contribution in [3.05, 3.63) is 63.9 Å². The highest BCUT2D eigenvalue weighted by molar-refractivity contribution is 9.10. The fraction of sp³-hybridized carbons (Fsp3) is 0.294. The van der Waals surface area contributed by atoms with Crippen molar-refractivity contribution in [2.75, 3.05) is 0 Å². The smallest absolute Gasteiger partial charge is 0.124 e. The predicted molar refractivity (Wildman–Crippen MR) is 94.1 cm³/mol. The monoisotopic (exact) mass is 387 g/mol. The second-order valence-corrected chi connectivity index (χ2v) is 6.12. The van der Waals surface area contributed by atoms with Crippen LogP contribution in [0.25, 0.3) is 0 Å². The molecule has 1 N–H and O–H groups in total. The van der Waals surface area contributed by atoms with Crippen LogP contribution in [0.4, 0.5) is 4.39 Å². The van der Waals surface area contributed by atoms with Crippen LogP contribution in [0.1, 0.15) is 25.0 Å². The number of hydrogen-bond acceptors (Lipinski definition) is 2. The first kappa shape index (κ1) is 18.9. The van der Waals surface area contributed by atoms with Crippen LogP contribution in [0.5, 0.6) is 5.75 Å². The Bertz CT molecular complexity index is 590. The largest absolute Gasteiger partial charge is 0.489 e. The van der Waals surface area contributed by atoms with E-state index in [1.807, 2.05) is 12.1 Å². The number of hydrogen-bond donors (Lipinski definition) is 1. The summed E-state index contributed by atoms with van der Waals surface area (Å²) in [5, 5.41) is 3.38. The molecular formula is C17H20BrClFNO. The zero-order valence-electron chi connectivity index (χ0n) is 12.6. The highest BCUT2D eigenvalue weighted by atomic mass is 79.9. The van der Waals surface area contributed by atoms with Crippen molar-refractivity contribution in [3.8, 4) is 5.75 Å². The molecule has 0 aliphatic rings. The van der Waals surface area contributed by atoms with E-state index in [4.69, 9.17) is 4.74 Å². The van der Waals surface area contributed by atoms with E-state index in [2.05, 4.69) is 41.2 Å². The van der Waals surface area contributed by atoms with Gasteiger partial charge in [0.1, 0.15) is 18.2 Å². The number of rotatable bonds is 6. The van der Waals surface area contributed by atoms with E-state index in [-0.39, 0.29) is 18.2 Å². The summed E-state index contributed by atoms with van der Waals surface area (Å²) < 4.78 is 19.8. The zero-order valence-corrected chi connectivity index (χ0v) is 15.0. The lowest BCUT2D eigenvalue weighted by atomic mass is 10.2. The molecule has 0 amide bonds.